The molecule has 1 aliphatic rings. The van der Waals surface area contributed by atoms with Crippen molar-refractivity contribution in [1.29, 1.82) is 0 Å². The third-order valence-corrected chi connectivity index (χ3v) is 3.43. The fourth-order valence-corrected chi connectivity index (χ4v) is 2.30. The number of hydrogen-bond acceptors (Lipinski definition) is 2. The smallest absolute Gasteiger partial charge is 0.222 e. The first-order chi connectivity index (χ1) is 8.20. The van der Waals surface area contributed by atoms with Gasteiger partial charge >= 0.3 is 0 Å². The van der Waals surface area contributed by atoms with Gasteiger partial charge in [0, 0.05) is 26.1 Å². The number of carbonyl (C=O) groups is 1. The first-order valence-electron chi connectivity index (χ1n) is 6.27. The Morgan fingerprint density at radius 2 is 2.18 bits per heavy atom. The number of nitrogens with two attached hydrogens (primary N) is 1. The normalized spacial score (nSPS) is 16.4. The third kappa shape index (κ3) is 2.86. The molecule has 0 unspecified atom stereocenters. The van der Waals surface area contributed by atoms with Crippen molar-refractivity contribution in [3.8, 4) is 0 Å². The molecule has 1 aliphatic heterocycles. The predicted molar refractivity (Wildman–Crippen MR) is 68.3 cm³/mol. The van der Waals surface area contributed by atoms with Crippen LogP contribution in [0.5, 0.6) is 0 Å². The Labute approximate surface area is 103 Å². The molecule has 0 atom stereocenters. The van der Waals surface area contributed by atoms with E-state index in [9.17, 15) is 4.79 Å². The molecule has 3 heteroatoms. The SMILES string of the molecule is Cc1cc(CN)ccc1CN1CCCCC1=O. The molecule has 1 aromatic rings. The van der Waals surface area contributed by atoms with E-state index in [2.05, 4.69) is 25.1 Å². The van der Waals surface area contributed by atoms with Crippen molar-refractivity contribution in [2.75, 3.05) is 6.54 Å². The third-order valence-electron chi connectivity index (χ3n) is 3.43. The van der Waals surface area contributed by atoms with Gasteiger partial charge in [0.25, 0.3) is 0 Å². The lowest BCUT2D eigenvalue weighted by atomic mass is 10.0. The van der Waals surface area contributed by atoms with Crippen molar-refractivity contribution in [3.05, 3.63) is 34.9 Å². The summed E-state index contributed by atoms with van der Waals surface area (Å²) in [5, 5.41) is 0. The topological polar surface area (TPSA) is 46.3 Å². The molecule has 0 spiro atoms. The maximum atomic E-state index is 11.7. The minimum Gasteiger partial charge on any atom is -0.338 e. The second-order valence-electron chi connectivity index (χ2n) is 4.74. The van der Waals surface area contributed by atoms with Crippen molar-refractivity contribution in [2.45, 2.75) is 39.3 Å². The van der Waals surface area contributed by atoms with E-state index in [1.54, 1.807) is 0 Å². The fourth-order valence-electron chi connectivity index (χ4n) is 2.30. The van der Waals surface area contributed by atoms with E-state index in [0.717, 1.165) is 31.5 Å². The molecule has 0 aromatic heterocycles. The van der Waals surface area contributed by atoms with Gasteiger partial charge in [-0.15, -0.1) is 0 Å². The molecule has 2 N–H and O–H groups in total. The number of hydrogen-bond donors (Lipinski definition) is 1. The maximum Gasteiger partial charge on any atom is 0.222 e. The standard InChI is InChI=1S/C14H20N2O/c1-11-8-12(9-15)5-6-13(11)10-16-7-3-2-4-14(16)17/h5-6,8H,2-4,7,9-10,15H2,1H3. The predicted octanol–water partition coefficient (Wildman–Crippen LogP) is 1.97. The minimum atomic E-state index is 0.290. The number of benzene rings is 1. The van der Waals surface area contributed by atoms with E-state index < -0.39 is 0 Å². The number of aryl methyl sites for hydroxylation is 1. The summed E-state index contributed by atoms with van der Waals surface area (Å²) in [6.07, 6.45) is 2.88. The molecule has 0 radical (unpaired) electrons. The Balaban J connectivity index is 2.10. The highest BCUT2D eigenvalue weighted by Gasteiger charge is 2.18. The van der Waals surface area contributed by atoms with Crippen molar-refractivity contribution < 1.29 is 4.79 Å². The van der Waals surface area contributed by atoms with Crippen molar-refractivity contribution in [2.24, 2.45) is 5.73 Å². The molecule has 1 saturated heterocycles. The minimum absolute atomic E-state index is 0.290. The molecule has 92 valence electrons. The average molecular weight is 232 g/mol. The summed E-state index contributed by atoms with van der Waals surface area (Å²) in [5.41, 5.74) is 9.22. The van der Waals surface area contributed by atoms with Crippen molar-refractivity contribution in [1.82, 2.24) is 4.90 Å². The van der Waals surface area contributed by atoms with Crippen LogP contribution in [0.25, 0.3) is 0 Å². The van der Waals surface area contributed by atoms with Crippen LogP contribution in [-0.4, -0.2) is 17.4 Å². The van der Waals surface area contributed by atoms with Gasteiger partial charge in [0.05, 0.1) is 0 Å². The number of carbonyl (C=O) groups excluding carboxylic acids is 1. The zero-order valence-corrected chi connectivity index (χ0v) is 10.4. The Morgan fingerprint density at radius 3 is 2.82 bits per heavy atom. The van der Waals surface area contributed by atoms with Crippen LogP contribution in [0.1, 0.15) is 36.0 Å². The molecule has 1 heterocycles. The number of nitrogens with zero attached hydrogens (tertiary/aromatic N) is 1. The lowest BCUT2D eigenvalue weighted by Gasteiger charge is -2.27. The van der Waals surface area contributed by atoms with E-state index >= 15 is 0 Å². The monoisotopic (exact) mass is 232 g/mol. The molecule has 1 aromatic carbocycles. The van der Waals surface area contributed by atoms with Gasteiger partial charge in [-0.3, -0.25) is 4.79 Å². The molecule has 0 bridgehead atoms. The summed E-state index contributed by atoms with van der Waals surface area (Å²) in [5.74, 6) is 0.290. The Hall–Kier alpha value is -1.35. The quantitative estimate of drug-likeness (QED) is 0.866. The van der Waals surface area contributed by atoms with Crippen LogP contribution in [0.15, 0.2) is 18.2 Å². The number of rotatable bonds is 3. The Kier molecular flexibility index (Phi) is 3.79. The van der Waals surface area contributed by atoms with Crippen molar-refractivity contribution >= 4 is 5.91 Å². The second-order valence-corrected chi connectivity index (χ2v) is 4.74. The average Bonchev–Trinajstić information content (AvgIpc) is 2.34. The summed E-state index contributed by atoms with van der Waals surface area (Å²) >= 11 is 0. The molecular weight excluding hydrogens is 212 g/mol. The molecule has 17 heavy (non-hydrogen) atoms. The highest BCUT2D eigenvalue weighted by molar-refractivity contribution is 5.76. The molecule has 3 nitrogen and oxygen atoms in total. The van der Waals surface area contributed by atoms with Gasteiger partial charge in [-0.05, 0) is 36.5 Å². The van der Waals surface area contributed by atoms with E-state index in [1.165, 1.54) is 11.1 Å². The fraction of sp³-hybridized carbons (Fsp3) is 0.500. The van der Waals surface area contributed by atoms with Gasteiger partial charge in [-0.25, -0.2) is 0 Å². The van der Waals surface area contributed by atoms with Gasteiger partial charge in [0.2, 0.25) is 5.91 Å². The van der Waals surface area contributed by atoms with Gasteiger partial charge in [0.15, 0.2) is 0 Å². The van der Waals surface area contributed by atoms with Crippen LogP contribution < -0.4 is 5.73 Å². The summed E-state index contributed by atoms with van der Waals surface area (Å²) < 4.78 is 0. The molecular formula is C14H20N2O. The summed E-state index contributed by atoms with van der Waals surface area (Å²) in [6, 6.07) is 6.26. The van der Waals surface area contributed by atoms with Gasteiger partial charge < -0.3 is 10.6 Å². The zero-order chi connectivity index (χ0) is 12.3. The van der Waals surface area contributed by atoms with Crippen molar-refractivity contribution in [3.63, 3.8) is 0 Å². The van der Waals surface area contributed by atoms with E-state index in [4.69, 9.17) is 5.73 Å². The van der Waals surface area contributed by atoms with E-state index in [1.807, 2.05) is 4.90 Å². The van der Waals surface area contributed by atoms with Crippen LogP contribution in [0.4, 0.5) is 0 Å². The number of amides is 1. The van der Waals surface area contributed by atoms with E-state index in [-0.39, 0.29) is 0 Å². The highest BCUT2D eigenvalue weighted by Crippen LogP contribution is 2.17. The molecule has 1 amide bonds. The molecule has 0 aliphatic carbocycles. The maximum absolute atomic E-state index is 11.7. The zero-order valence-electron chi connectivity index (χ0n) is 10.4. The Morgan fingerprint density at radius 1 is 1.35 bits per heavy atom. The molecule has 0 saturated carbocycles. The number of piperidine rings is 1. The summed E-state index contributed by atoms with van der Waals surface area (Å²) in [7, 11) is 0. The first kappa shape index (κ1) is 12.1. The van der Waals surface area contributed by atoms with Crippen LogP contribution in [0.2, 0.25) is 0 Å². The first-order valence-corrected chi connectivity index (χ1v) is 6.27. The lowest BCUT2D eigenvalue weighted by molar-refractivity contribution is -0.133. The van der Waals surface area contributed by atoms with Gasteiger partial charge in [-0.2, -0.15) is 0 Å². The van der Waals surface area contributed by atoms with Crippen LogP contribution >= 0.6 is 0 Å². The largest absolute Gasteiger partial charge is 0.338 e. The van der Waals surface area contributed by atoms with Crippen LogP contribution in [0.3, 0.4) is 0 Å². The summed E-state index contributed by atoms with van der Waals surface area (Å²) in [6.45, 7) is 4.30. The Bertz CT molecular complexity index is 415. The lowest BCUT2D eigenvalue weighted by Crippen LogP contribution is -2.34. The van der Waals surface area contributed by atoms with Crippen LogP contribution in [0, 0.1) is 6.92 Å². The molecule has 2 rings (SSSR count). The van der Waals surface area contributed by atoms with Crippen LogP contribution in [-0.2, 0) is 17.9 Å². The number of likely N-dealkylation sites (tertiary alicyclic amines) is 1. The van der Waals surface area contributed by atoms with Gasteiger partial charge in [-0.1, -0.05) is 18.2 Å². The van der Waals surface area contributed by atoms with E-state index in [0.29, 0.717) is 18.9 Å². The highest BCUT2D eigenvalue weighted by atomic mass is 16.2. The second kappa shape index (κ2) is 5.32. The summed E-state index contributed by atoms with van der Waals surface area (Å²) in [4.78, 5) is 13.7. The van der Waals surface area contributed by atoms with Gasteiger partial charge in [0.1, 0.15) is 0 Å². The molecule has 1 fully saturated rings.